The highest BCUT2D eigenvalue weighted by molar-refractivity contribution is 5.74. The first-order valence-corrected chi connectivity index (χ1v) is 3.42. The lowest BCUT2D eigenvalue weighted by Crippen LogP contribution is -2.32. The van der Waals surface area contributed by atoms with Gasteiger partial charge in [0.05, 0.1) is 5.60 Å². The molecule has 0 saturated heterocycles. The fourth-order valence-corrected chi connectivity index (χ4v) is 0.282. The minimum atomic E-state index is -0.301. The number of carbonyl (C=O) groups excluding carboxylic acids is 1. The lowest BCUT2D eigenvalue weighted by atomic mass is 10.2. The summed E-state index contributed by atoms with van der Waals surface area (Å²) < 4.78 is 0. The number of amides is 1. The van der Waals surface area contributed by atoms with Crippen molar-refractivity contribution in [2.75, 3.05) is 0 Å². The van der Waals surface area contributed by atoms with Crippen LogP contribution in [0, 0.1) is 0 Å². The molecular weight excluding hydrogens is 130 g/mol. The van der Waals surface area contributed by atoms with Crippen LogP contribution >= 0.6 is 0 Å². The zero-order chi connectivity index (χ0) is 8.20. The summed E-state index contributed by atoms with van der Waals surface area (Å²) in [6.45, 7) is 7.41. The van der Waals surface area contributed by atoms with E-state index in [4.69, 9.17) is 4.84 Å². The minimum Gasteiger partial charge on any atom is -0.273 e. The van der Waals surface area contributed by atoms with E-state index in [1.54, 1.807) is 6.92 Å². The number of nitrogens with one attached hydrogen (secondary N) is 1. The number of hydrogen-bond donors (Lipinski definition) is 1. The second-order valence-corrected chi connectivity index (χ2v) is 3.09. The molecule has 0 fully saturated rings. The summed E-state index contributed by atoms with van der Waals surface area (Å²) in [4.78, 5) is 15.6. The molecule has 10 heavy (non-hydrogen) atoms. The highest BCUT2D eigenvalue weighted by Crippen LogP contribution is 2.03. The summed E-state index contributed by atoms with van der Waals surface area (Å²) in [7, 11) is 0. The normalized spacial score (nSPS) is 11.2. The molecule has 0 aliphatic carbocycles. The molecule has 0 bridgehead atoms. The van der Waals surface area contributed by atoms with Gasteiger partial charge >= 0.3 is 0 Å². The maximum atomic E-state index is 10.6. The van der Waals surface area contributed by atoms with Crippen molar-refractivity contribution in [1.82, 2.24) is 5.48 Å². The third-order valence-corrected chi connectivity index (χ3v) is 0.792. The van der Waals surface area contributed by atoms with E-state index in [1.807, 2.05) is 20.8 Å². The van der Waals surface area contributed by atoms with Gasteiger partial charge in [0, 0.05) is 6.42 Å². The first-order chi connectivity index (χ1) is 4.45. The van der Waals surface area contributed by atoms with Gasteiger partial charge in [-0.05, 0) is 20.8 Å². The second-order valence-electron chi connectivity index (χ2n) is 3.09. The molecule has 1 amide bonds. The van der Waals surface area contributed by atoms with Gasteiger partial charge in [-0.25, -0.2) is 5.48 Å². The zero-order valence-corrected chi connectivity index (χ0v) is 7.02. The number of rotatable bonds is 2. The largest absolute Gasteiger partial charge is 0.273 e. The van der Waals surface area contributed by atoms with Crippen molar-refractivity contribution in [3.63, 3.8) is 0 Å². The average molecular weight is 145 g/mol. The molecule has 0 aromatic heterocycles. The van der Waals surface area contributed by atoms with E-state index in [-0.39, 0.29) is 11.5 Å². The van der Waals surface area contributed by atoms with Crippen LogP contribution in [0.1, 0.15) is 34.1 Å². The van der Waals surface area contributed by atoms with E-state index in [1.165, 1.54) is 0 Å². The van der Waals surface area contributed by atoms with Gasteiger partial charge in [0.25, 0.3) is 0 Å². The maximum absolute atomic E-state index is 10.6. The molecule has 0 atom stereocenters. The van der Waals surface area contributed by atoms with Crippen molar-refractivity contribution < 1.29 is 9.63 Å². The van der Waals surface area contributed by atoms with Crippen molar-refractivity contribution in [2.24, 2.45) is 0 Å². The smallest absolute Gasteiger partial charge is 0.243 e. The quantitative estimate of drug-likeness (QED) is 0.594. The maximum Gasteiger partial charge on any atom is 0.243 e. The fraction of sp³-hybridized carbons (Fsp3) is 0.857. The van der Waals surface area contributed by atoms with Gasteiger partial charge in [0.15, 0.2) is 0 Å². The van der Waals surface area contributed by atoms with E-state index in [0.717, 1.165) is 0 Å². The third kappa shape index (κ3) is 5.56. The highest BCUT2D eigenvalue weighted by Gasteiger charge is 2.11. The summed E-state index contributed by atoms with van der Waals surface area (Å²) in [6, 6.07) is 0. The molecule has 3 nitrogen and oxygen atoms in total. The van der Waals surface area contributed by atoms with Crippen molar-refractivity contribution in [3.8, 4) is 0 Å². The predicted molar refractivity (Wildman–Crippen MR) is 39.3 cm³/mol. The molecular formula is C7H15NO2. The Morgan fingerprint density at radius 2 is 2.00 bits per heavy atom. The highest BCUT2D eigenvalue weighted by atomic mass is 16.7. The molecule has 3 heteroatoms. The van der Waals surface area contributed by atoms with Gasteiger partial charge in [-0.2, -0.15) is 0 Å². The fourth-order valence-electron chi connectivity index (χ4n) is 0.282. The van der Waals surface area contributed by atoms with Crippen LogP contribution in [0.3, 0.4) is 0 Å². The van der Waals surface area contributed by atoms with Gasteiger partial charge in [0.1, 0.15) is 0 Å². The summed E-state index contributed by atoms with van der Waals surface area (Å²) in [5, 5.41) is 0. The first kappa shape index (κ1) is 9.43. The third-order valence-electron chi connectivity index (χ3n) is 0.792. The molecule has 0 radical (unpaired) electrons. The van der Waals surface area contributed by atoms with Crippen LogP contribution in [0.5, 0.6) is 0 Å². The van der Waals surface area contributed by atoms with Gasteiger partial charge in [0.2, 0.25) is 5.91 Å². The van der Waals surface area contributed by atoms with Gasteiger partial charge in [-0.3, -0.25) is 9.63 Å². The van der Waals surface area contributed by atoms with Gasteiger partial charge < -0.3 is 0 Å². The van der Waals surface area contributed by atoms with E-state index in [0.29, 0.717) is 6.42 Å². The summed E-state index contributed by atoms with van der Waals surface area (Å²) in [5.74, 6) is -0.0880. The summed E-state index contributed by atoms with van der Waals surface area (Å²) >= 11 is 0. The number of hydroxylamine groups is 1. The molecule has 0 aromatic carbocycles. The Balaban J connectivity index is 3.46. The van der Waals surface area contributed by atoms with E-state index in [2.05, 4.69) is 5.48 Å². The minimum absolute atomic E-state index is 0.0880. The molecule has 0 rings (SSSR count). The first-order valence-electron chi connectivity index (χ1n) is 3.42. The van der Waals surface area contributed by atoms with Crippen molar-refractivity contribution in [1.29, 1.82) is 0 Å². The Bertz CT molecular complexity index is 115. The molecule has 0 spiro atoms. The number of carbonyl (C=O) groups is 1. The summed E-state index contributed by atoms with van der Waals surface area (Å²) in [6.07, 6.45) is 0.454. The lowest BCUT2D eigenvalue weighted by molar-refractivity contribution is -0.145. The molecule has 0 unspecified atom stereocenters. The van der Waals surface area contributed by atoms with Crippen LogP contribution < -0.4 is 5.48 Å². The lowest BCUT2D eigenvalue weighted by Gasteiger charge is -2.18. The van der Waals surface area contributed by atoms with Crippen LogP contribution in [0.15, 0.2) is 0 Å². The molecule has 0 aliphatic rings. The van der Waals surface area contributed by atoms with Gasteiger partial charge in [-0.15, -0.1) is 0 Å². The van der Waals surface area contributed by atoms with Crippen LogP contribution in [-0.4, -0.2) is 11.5 Å². The van der Waals surface area contributed by atoms with Crippen LogP contribution in [-0.2, 0) is 9.63 Å². The number of hydrogen-bond acceptors (Lipinski definition) is 2. The van der Waals surface area contributed by atoms with E-state index < -0.39 is 0 Å². The predicted octanol–water partition coefficient (Wildman–Crippen LogP) is 1.24. The van der Waals surface area contributed by atoms with Crippen molar-refractivity contribution >= 4 is 5.91 Å². The Morgan fingerprint density at radius 1 is 1.50 bits per heavy atom. The van der Waals surface area contributed by atoms with Crippen LogP contribution in [0.25, 0.3) is 0 Å². The van der Waals surface area contributed by atoms with Crippen molar-refractivity contribution in [3.05, 3.63) is 0 Å². The molecule has 1 N–H and O–H groups in total. The van der Waals surface area contributed by atoms with Crippen LogP contribution in [0.4, 0.5) is 0 Å². The second kappa shape index (κ2) is 3.56. The SMILES string of the molecule is CCC(=O)NOC(C)(C)C. The van der Waals surface area contributed by atoms with Crippen molar-refractivity contribution in [2.45, 2.75) is 39.7 Å². The van der Waals surface area contributed by atoms with E-state index >= 15 is 0 Å². The monoisotopic (exact) mass is 145 g/mol. The van der Waals surface area contributed by atoms with Gasteiger partial charge in [-0.1, -0.05) is 6.92 Å². The Kier molecular flexibility index (Phi) is 3.36. The summed E-state index contributed by atoms with van der Waals surface area (Å²) in [5.41, 5.74) is 2.03. The molecule has 0 heterocycles. The molecule has 60 valence electrons. The standard InChI is InChI=1S/C7H15NO2/c1-5-6(9)8-10-7(2,3)4/h5H2,1-4H3,(H,8,9). The Morgan fingerprint density at radius 3 is 2.30 bits per heavy atom. The molecule has 0 saturated carbocycles. The zero-order valence-electron chi connectivity index (χ0n) is 7.02. The average Bonchev–Trinajstić information content (AvgIpc) is 1.81. The van der Waals surface area contributed by atoms with E-state index in [9.17, 15) is 4.79 Å². The van der Waals surface area contributed by atoms with Crippen LogP contribution in [0.2, 0.25) is 0 Å². The molecule has 0 aromatic rings. The Hall–Kier alpha value is -0.570. The topological polar surface area (TPSA) is 38.3 Å². The molecule has 0 aliphatic heterocycles. The Labute approximate surface area is 61.7 Å².